The van der Waals surface area contributed by atoms with Crippen LogP contribution in [-0.4, -0.2) is 77.9 Å². The molecular weight excluding hydrogens is 354 g/mol. The van der Waals surface area contributed by atoms with Crippen molar-refractivity contribution < 1.29 is 33.7 Å². The molecule has 3 heterocycles. The van der Waals surface area contributed by atoms with Crippen molar-refractivity contribution in [1.29, 1.82) is 0 Å². The zero-order chi connectivity index (χ0) is 20.0. The lowest BCUT2D eigenvalue weighted by molar-refractivity contribution is -0.173. The summed E-state index contributed by atoms with van der Waals surface area (Å²) in [6, 6.07) is 0. The number of ketones is 1. The van der Waals surface area contributed by atoms with E-state index < -0.39 is 41.3 Å². The van der Waals surface area contributed by atoms with Crippen LogP contribution in [0.1, 0.15) is 33.6 Å². The Morgan fingerprint density at radius 1 is 1.22 bits per heavy atom. The zero-order valence-corrected chi connectivity index (χ0v) is 16.2. The molecule has 2 bridgehead atoms. The summed E-state index contributed by atoms with van der Waals surface area (Å²) in [5, 5.41) is 10.7. The molecule has 27 heavy (non-hydrogen) atoms. The first kappa shape index (κ1) is 20.0. The topological polar surface area (TPSA) is 106 Å². The highest BCUT2D eigenvalue weighted by Crippen LogP contribution is 2.45. The fraction of sp³-hybridized carbons (Fsp3) is 0.737. The number of carbonyl (C=O) groups excluding carboxylic acids is 3. The number of aliphatic hydroxyl groups is 1. The van der Waals surface area contributed by atoms with E-state index in [1.807, 2.05) is 11.9 Å². The summed E-state index contributed by atoms with van der Waals surface area (Å²) in [7, 11) is 1.89. The SMILES string of the molecule is CC1C[C@@]2(O[C@H]2C)C(=O)OC2CCN(C)CC=C(COC(=O)C1(C)O)C2=O. The molecule has 8 nitrogen and oxygen atoms in total. The van der Waals surface area contributed by atoms with Crippen LogP contribution < -0.4 is 0 Å². The minimum atomic E-state index is -1.82. The van der Waals surface area contributed by atoms with Gasteiger partial charge in [-0.05, 0) is 33.2 Å². The van der Waals surface area contributed by atoms with E-state index in [4.69, 9.17) is 14.2 Å². The van der Waals surface area contributed by atoms with Crippen LogP contribution >= 0.6 is 0 Å². The molecule has 0 radical (unpaired) electrons. The van der Waals surface area contributed by atoms with Crippen molar-refractivity contribution in [3.8, 4) is 0 Å². The second-order valence-electron chi connectivity index (χ2n) is 8.02. The van der Waals surface area contributed by atoms with E-state index in [1.54, 1.807) is 19.9 Å². The standard InChI is InChI=1S/C19H27NO7/c1-11-9-19(12(2)27-19)17(23)26-14-6-8-20(4)7-5-13(15(14)21)10-25-16(22)18(11,3)24/h5,11-12,14,24H,6-10H2,1-4H3/t11?,12-,14?,18?,19-/m0/s1. The van der Waals surface area contributed by atoms with E-state index in [0.29, 0.717) is 19.5 Å². The Bertz CT molecular complexity index is 686. The molecule has 150 valence electrons. The van der Waals surface area contributed by atoms with Crippen LogP contribution in [0.15, 0.2) is 11.6 Å². The Labute approximate surface area is 158 Å². The van der Waals surface area contributed by atoms with Crippen molar-refractivity contribution in [2.45, 2.75) is 57.0 Å². The van der Waals surface area contributed by atoms with E-state index in [-0.39, 0.29) is 24.4 Å². The van der Waals surface area contributed by atoms with Crippen molar-refractivity contribution in [2.24, 2.45) is 5.92 Å². The highest BCUT2D eigenvalue weighted by atomic mass is 16.7. The van der Waals surface area contributed by atoms with E-state index >= 15 is 0 Å². The smallest absolute Gasteiger partial charge is 0.341 e. The first-order valence-corrected chi connectivity index (χ1v) is 9.28. The lowest BCUT2D eigenvalue weighted by atomic mass is 9.82. The Balaban J connectivity index is 1.97. The molecule has 0 saturated carbocycles. The first-order chi connectivity index (χ1) is 12.6. The van der Waals surface area contributed by atoms with Crippen molar-refractivity contribution >= 4 is 17.7 Å². The summed E-state index contributed by atoms with van der Waals surface area (Å²) < 4.78 is 16.4. The number of Topliss-reactive ketones (excluding diaryl/α,β-unsaturated/α-hetero) is 1. The summed E-state index contributed by atoms with van der Waals surface area (Å²) >= 11 is 0. The number of hydrogen-bond acceptors (Lipinski definition) is 8. The largest absolute Gasteiger partial charge is 0.459 e. The van der Waals surface area contributed by atoms with Crippen LogP contribution in [0.25, 0.3) is 0 Å². The molecule has 0 aromatic carbocycles. The number of cyclic esters (lactones) is 1. The Morgan fingerprint density at radius 3 is 2.52 bits per heavy atom. The number of rotatable bonds is 0. The number of ether oxygens (including phenoxy) is 3. The molecular formula is C19H27NO7. The van der Waals surface area contributed by atoms with Gasteiger partial charge in [0, 0.05) is 25.1 Å². The predicted molar refractivity (Wildman–Crippen MR) is 93.7 cm³/mol. The van der Waals surface area contributed by atoms with Gasteiger partial charge in [0.15, 0.2) is 17.3 Å². The van der Waals surface area contributed by atoms with Gasteiger partial charge in [-0.1, -0.05) is 13.0 Å². The summed E-state index contributed by atoms with van der Waals surface area (Å²) in [5.41, 5.74) is -2.81. The van der Waals surface area contributed by atoms with Gasteiger partial charge in [0.2, 0.25) is 5.78 Å². The Kier molecular flexibility index (Phi) is 5.18. The molecule has 2 fully saturated rings. The minimum Gasteiger partial charge on any atom is -0.459 e. The maximum Gasteiger partial charge on any atom is 0.341 e. The number of epoxide rings is 1. The minimum absolute atomic E-state index is 0.0958. The van der Waals surface area contributed by atoms with Gasteiger partial charge in [0.1, 0.15) is 6.61 Å². The summed E-state index contributed by atoms with van der Waals surface area (Å²) in [4.78, 5) is 40.2. The average Bonchev–Trinajstić information content (AvgIpc) is 3.26. The molecule has 8 heteroatoms. The average molecular weight is 381 g/mol. The monoisotopic (exact) mass is 381 g/mol. The molecule has 0 amide bonds. The third kappa shape index (κ3) is 3.66. The second kappa shape index (κ2) is 7.00. The van der Waals surface area contributed by atoms with E-state index in [1.165, 1.54) is 6.92 Å². The van der Waals surface area contributed by atoms with Crippen molar-refractivity contribution in [3.05, 3.63) is 11.6 Å². The maximum absolute atomic E-state index is 12.9. The van der Waals surface area contributed by atoms with Gasteiger partial charge in [0.05, 0.1) is 6.10 Å². The maximum atomic E-state index is 12.9. The highest BCUT2D eigenvalue weighted by Gasteiger charge is 2.63. The molecule has 3 rings (SSSR count). The van der Waals surface area contributed by atoms with E-state index in [2.05, 4.69) is 0 Å². The van der Waals surface area contributed by atoms with Crippen LogP contribution in [0.3, 0.4) is 0 Å². The fourth-order valence-electron chi connectivity index (χ4n) is 3.54. The highest BCUT2D eigenvalue weighted by molar-refractivity contribution is 6.01. The van der Waals surface area contributed by atoms with Gasteiger partial charge >= 0.3 is 11.9 Å². The van der Waals surface area contributed by atoms with E-state index in [0.717, 1.165) is 0 Å². The Morgan fingerprint density at radius 2 is 1.89 bits per heavy atom. The number of likely N-dealkylation sites (N-methyl/N-ethyl adjacent to an activating group) is 1. The number of esters is 2. The number of hydrogen-bond donors (Lipinski definition) is 1. The summed E-state index contributed by atoms with van der Waals surface area (Å²) in [5.74, 6) is -2.43. The quantitative estimate of drug-likeness (QED) is 0.469. The van der Waals surface area contributed by atoms with Crippen molar-refractivity contribution in [2.75, 3.05) is 26.7 Å². The Hall–Kier alpha value is -1.77. The molecule has 0 aliphatic carbocycles. The van der Waals surface area contributed by atoms with Crippen LogP contribution in [0.5, 0.6) is 0 Å². The fourth-order valence-corrected chi connectivity index (χ4v) is 3.54. The number of fused-ring (bicyclic) bond motifs is 2. The molecule has 1 spiro atoms. The molecule has 0 aromatic rings. The van der Waals surface area contributed by atoms with Gasteiger partial charge in [-0.2, -0.15) is 0 Å². The lowest BCUT2D eigenvalue weighted by Crippen LogP contribution is -2.48. The first-order valence-electron chi connectivity index (χ1n) is 9.28. The van der Waals surface area contributed by atoms with Crippen LogP contribution in [0, 0.1) is 5.92 Å². The van der Waals surface area contributed by atoms with Gasteiger partial charge in [-0.3, -0.25) is 4.79 Å². The van der Waals surface area contributed by atoms with Gasteiger partial charge < -0.3 is 24.2 Å². The third-order valence-corrected chi connectivity index (χ3v) is 5.95. The van der Waals surface area contributed by atoms with Crippen molar-refractivity contribution in [3.63, 3.8) is 0 Å². The van der Waals surface area contributed by atoms with Crippen LogP contribution in [0.2, 0.25) is 0 Å². The van der Waals surface area contributed by atoms with Crippen LogP contribution in [-0.2, 0) is 28.6 Å². The number of nitrogens with zero attached hydrogens (tertiary/aromatic N) is 1. The zero-order valence-electron chi connectivity index (χ0n) is 16.2. The predicted octanol–water partition coefficient (Wildman–Crippen LogP) is 0.221. The summed E-state index contributed by atoms with van der Waals surface area (Å²) in [6.45, 7) is 5.57. The van der Waals surface area contributed by atoms with Crippen LogP contribution in [0.4, 0.5) is 0 Å². The second-order valence-corrected chi connectivity index (χ2v) is 8.02. The van der Waals surface area contributed by atoms with Gasteiger partial charge in [0.25, 0.3) is 0 Å². The third-order valence-electron chi connectivity index (χ3n) is 5.95. The molecule has 1 N–H and O–H groups in total. The van der Waals surface area contributed by atoms with E-state index in [9.17, 15) is 19.5 Å². The van der Waals surface area contributed by atoms with Gasteiger partial charge in [-0.15, -0.1) is 0 Å². The normalized spacial score (nSPS) is 41.4. The molecule has 5 atom stereocenters. The number of carbonyl (C=O) groups is 3. The lowest BCUT2D eigenvalue weighted by Gasteiger charge is -2.32. The van der Waals surface area contributed by atoms with Gasteiger partial charge in [-0.25, -0.2) is 9.59 Å². The molecule has 3 unspecified atom stereocenters. The molecule has 3 aliphatic heterocycles. The molecule has 3 aliphatic rings. The van der Waals surface area contributed by atoms with Crippen molar-refractivity contribution in [1.82, 2.24) is 4.90 Å². The molecule has 2 saturated heterocycles. The summed E-state index contributed by atoms with van der Waals surface area (Å²) in [6.07, 6.45) is 0.756. The molecule has 0 aromatic heterocycles.